The highest BCUT2D eigenvalue weighted by Gasteiger charge is 2.22. The Morgan fingerprint density at radius 1 is 1.10 bits per heavy atom. The predicted molar refractivity (Wildman–Crippen MR) is 116 cm³/mol. The Labute approximate surface area is 174 Å². The lowest BCUT2D eigenvalue weighted by Gasteiger charge is -2.20. The van der Waals surface area contributed by atoms with Crippen LogP contribution in [-0.4, -0.2) is 44.4 Å². The fourth-order valence-corrected chi connectivity index (χ4v) is 3.62. The fraction of sp³-hybridized carbons (Fsp3) is 0.318. The van der Waals surface area contributed by atoms with Crippen molar-refractivity contribution in [2.24, 2.45) is 0 Å². The monoisotopic (exact) mass is 407 g/mol. The van der Waals surface area contributed by atoms with Crippen LogP contribution in [0.3, 0.4) is 0 Å². The van der Waals surface area contributed by atoms with Gasteiger partial charge in [0, 0.05) is 24.3 Å². The molecular formula is C22H25N5O3. The third-order valence-corrected chi connectivity index (χ3v) is 4.88. The zero-order valence-electron chi connectivity index (χ0n) is 17.5. The molecule has 0 atom stereocenters. The number of anilines is 1. The zero-order valence-corrected chi connectivity index (χ0v) is 17.5. The lowest BCUT2D eigenvalue weighted by Crippen LogP contribution is -2.27. The number of hydrogen-bond donors (Lipinski definition) is 2. The van der Waals surface area contributed by atoms with Crippen LogP contribution in [0.2, 0.25) is 0 Å². The molecule has 0 aliphatic carbocycles. The largest absolute Gasteiger partial charge is 0.495 e. The van der Waals surface area contributed by atoms with E-state index in [-0.39, 0.29) is 0 Å². The van der Waals surface area contributed by atoms with Gasteiger partial charge in [0.05, 0.1) is 36.5 Å². The number of nitrogens with zero attached hydrogens (tertiary/aromatic N) is 4. The van der Waals surface area contributed by atoms with E-state index in [2.05, 4.69) is 15.0 Å². The zero-order chi connectivity index (χ0) is 21.5. The van der Waals surface area contributed by atoms with Crippen molar-refractivity contribution in [3.05, 3.63) is 42.5 Å². The summed E-state index contributed by atoms with van der Waals surface area (Å²) >= 11 is 0. The number of pyridine rings is 2. The number of aromatic nitrogens is 4. The number of ether oxygens (including phenoxy) is 2. The van der Waals surface area contributed by atoms with Gasteiger partial charge >= 0.3 is 0 Å². The number of nitrogen functional groups attached to an aromatic ring is 1. The van der Waals surface area contributed by atoms with Crippen LogP contribution >= 0.6 is 0 Å². The average molecular weight is 407 g/mol. The molecule has 3 N–H and O–H groups in total. The minimum absolute atomic E-state index is 0.305. The van der Waals surface area contributed by atoms with Gasteiger partial charge in [-0.15, -0.1) is 0 Å². The smallest absolute Gasteiger partial charge is 0.152 e. The van der Waals surface area contributed by atoms with E-state index in [0.717, 1.165) is 27.5 Å². The van der Waals surface area contributed by atoms with Crippen molar-refractivity contribution in [3.8, 4) is 16.9 Å². The number of hydrogen-bond acceptors (Lipinski definition) is 7. The number of benzene rings is 1. The van der Waals surface area contributed by atoms with Crippen LogP contribution < -0.4 is 10.5 Å². The highest BCUT2D eigenvalue weighted by molar-refractivity contribution is 6.07. The first kappa shape index (κ1) is 20.1. The molecule has 0 unspecified atom stereocenters. The van der Waals surface area contributed by atoms with Gasteiger partial charge in [-0.1, -0.05) is 12.1 Å². The minimum atomic E-state index is -0.938. The van der Waals surface area contributed by atoms with Crippen molar-refractivity contribution >= 4 is 27.8 Å². The van der Waals surface area contributed by atoms with Gasteiger partial charge in [0.1, 0.15) is 23.7 Å². The maximum Gasteiger partial charge on any atom is 0.152 e. The Hall–Kier alpha value is -3.23. The maximum atomic E-state index is 10.5. The van der Waals surface area contributed by atoms with Crippen molar-refractivity contribution < 1.29 is 14.6 Å². The maximum absolute atomic E-state index is 10.5. The van der Waals surface area contributed by atoms with E-state index in [1.165, 1.54) is 0 Å². The minimum Gasteiger partial charge on any atom is -0.495 e. The Morgan fingerprint density at radius 2 is 1.90 bits per heavy atom. The number of aliphatic hydroxyl groups is 1. The lowest BCUT2D eigenvalue weighted by molar-refractivity contribution is 0.0597. The molecule has 4 aromatic rings. The van der Waals surface area contributed by atoms with E-state index in [1.54, 1.807) is 40.5 Å². The molecule has 0 radical (unpaired) electrons. The molecule has 8 nitrogen and oxygen atoms in total. The summed E-state index contributed by atoms with van der Waals surface area (Å²) in [5.74, 6) is 1.71. The van der Waals surface area contributed by atoms with Crippen LogP contribution in [-0.2, 0) is 17.9 Å². The Morgan fingerprint density at radius 3 is 2.60 bits per heavy atom. The first-order valence-electron chi connectivity index (χ1n) is 9.60. The molecule has 0 amide bonds. The second kappa shape index (κ2) is 7.55. The second-order valence-electron chi connectivity index (χ2n) is 7.90. The van der Waals surface area contributed by atoms with Gasteiger partial charge in [-0.25, -0.2) is 9.97 Å². The van der Waals surface area contributed by atoms with Gasteiger partial charge in [-0.2, -0.15) is 0 Å². The molecule has 0 fully saturated rings. The van der Waals surface area contributed by atoms with Crippen LogP contribution in [0.25, 0.3) is 33.1 Å². The molecule has 0 aliphatic rings. The summed E-state index contributed by atoms with van der Waals surface area (Å²) in [6.45, 7) is 4.17. The van der Waals surface area contributed by atoms with E-state index in [9.17, 15) is 5.11 Å². The van der Waals surface area contributed by atoms with Crippen LogP contribution in [0.1, 0.15) is 19.7 Å². The molecule has 0 spiro atoms. The third kappa shape index (κ3) is 3.67. The van der Waals surface area contributed by atoms with Crippen LogP contribution in [0.4, 0.5) is 5.82 Å². The fourth-order valence-electron chi connectivity index (χ4n) is 3.62. The van der Waals surface area contributed by atoms with Gasteiger partial charge in [-0.3, -0.25) is 4.98 Å². The second-order valence-corrected chi connectivity index (χ2v) is 7.90. The number of nitrogens with two attached hydrogens (primary N) is 1. The molecule has 156 valence electrons. The number of methoxy groups -OCH3 is 2. The van der Waals surface area contributed by atoms with Crippen molar-refractivity contribution in [3.63, 3.8) is 0 Å². The Bertz CT molecular complexity index is 1230. The molecule has 0 aliphatic heterocycles. The summed E-state index contributed by atoms with van der Waals surface area (Å²) in [5, 5.41) is 11.4. The SMILES string of the molecule is COCc1nc2c(N)nc3cc(-c4cncc(OC)c4)ccc3c2n1CC(C)(C)O. The number of rotatable bonds is 6. The van der Waals surface area contributed by atoms with Gasteiger partial charge < -0.3 is 24.9 Å². The van der Waals surface area contributed by atoms with Crippen molar-refractivity contribution in [2.75, 3.05) is 20.0 Å². The Balaban J connectivity index is 1.96. The molecule has 8 heteroatoms. The van der Waals surface area contributed by atoms with Crippen molar-refractivity contribution in [1.29, 1.82) is 0 Å². The summed E-state index contributed by atoms with van der Waals surface area (Å²) in [6.07, 6.45) is 3.44. The van der Waals surface area contributed by atoms with Crippen LogP contribution in [0.15, 0.2) is 36.7 Å². The molecule has 0 saturated carbocycles. The van der Waals surface area contributed by atoms with E-state index in [4.69, 9.17) is 15.2 Å². The summed E-state index contributed by atoms with van der Waals surface area (Å²) in [6, 6.07) is 7.90. The number of fused-ring (bicyclic) bond motifs is 3. The molecule has 4 rings (SSSR count). The van der Waals surface area contributed by atoms with E-state index < -0.39 is 5.60 Å². The highest BCUT2D eigenvalue weighted by Crippen LogP contribution is 2.33. The molecule has 0 bridgehead atoms. The topological polar surface area (TPSA) is 108 Å². The lowest BCUT2D eigenvalue weighted by atomic mass is 10.0. The molecular weight excluding hydrogens is 382 g/mol. The number of imidazole rings is 1. The summed E-state index contributed by atoms with van der Waals surface area (Å²) in [7, 11) is 3.23. The van der Waals surface area contributed by atoms with Gasteiger partial charge in [0.25, 0.3) is 0 Å². The Kier molecular flexibility index (Phi) is 5.05. The molecule has 30 heavy (non-hydrogen) atoms. The summed E-state index contributed by atoms with van der Waals surface area (Å²) < 4.78 is 12.6. The van der Waals surface area contributed by atoms with Crippen LogP contribution in [0, 0.1) is 0 Å². The standard InChI is InChI=1S/C22H25N5O3/c1-22(2,28)12-27-18(11-29-3)26-19-20(27)16-6-5-13(8-17(16)25-21(19)23)14-7-15(30-4)10-24-9-14/h5-10,28H,11-12H2,1-4H3,(H2,23,25). The van der Waals surface area contributed by atoms with E-state index in [1.807, 2.05) is 28.8 Å². The molecule has 1 aromatic carbocycles. The average Bonchev–Trinajstić information content (AvgIpc) is 3.05. The van der Waals surface area contributed by atoms with Crippen LogP contribution in [0.5, 0.6) is 5.75 Å². The molecule has 3 aromatic heterocycles. The highest BCUT2D eigenvalue weighted by atomic mass is 16.5. The van der Waals surface area contributed by atoms with E-state index >= 15 is 0 Å². The predicted octanol–water partition coefficient (Wildman–Crippen LogP) is 3.15. The van der Waals surface area contributed by atoms with Gasteiger partial charge in [0.15, 0.2) is 5.82 Å². The van der Waals surface area contributed by atoms with Gasteiger partial charge in [0.2, 0.25) is 0 Å². The first-order chi connectivity index (χ1) is 14.3. The van der Waals surface area contributed by atoms with Crippen molar-refractivity contribution in [2.45, 2.75) is 32.6 Å². The van der Waals surface area contributed by atoms with Gasteiger partial charge in [-0.05, 0) is 31.5 Å². The summed E-state index contributed by atoms with van der Waals surface area (Å²) in [5.41, 5.74) is 9.39. The van der Waals surface area contributed by atoms with Crippen molar-refractivity contribution in [1.82, 2.24) is 19.5 Å². The first-order valence-corrected chi connectivity index (χ1v) is 9.60. The molecule has 0 saturated heterocycles. The molecule has 3 heterocycles. The normalized spacial score (nSPS) is 12.0. The van der Waals surface area contributed by atoms with E-state index in [0.29, 0.717) is 36.1 Å². The third-order valence-electron chi connectivity index (χ3n) is 4.88. The summed E-state index contributed by atoms with van der Waals surface area (Å²) in [4.78, 5) is 13.5. The quantitative estimate of drug-likeness (QED) is 0.505.